The summed E-state index contributed by atoms with van der Waals surface area (Å²) < 4.78 is 3.92. The molecule has 5 aromatic rings. The molecule has 2 aromatic carbocycles. The molecule has 3 aromatic heterocycles. The zero-order chi connectivity index (χ0) is 20.0. The van der Waals surface area contributed by atoms with Crippen molar-refractivity contribution < 1.29 is 0 Å². The van der Waals surface area contributed by atoms with Crippen LogP contribution in [0.4, 0.5) is 0 Å². The number of nitrogens with zero attached hydrogens (tertiary/aromatic N) is 5. The zero-order valence-corrected chi connectivity index (χ0v) is 16.8. The van der Waals surface area contributed by atoms with Gasteiger partial charge >= 0.3 is 0 Å². The van der Waals surface area contributed by atoms with Crippen molar-refractivity contribution in [2.45, 2.75) is 13.8 Å². The Balaban J connectivity index is 1.86. The van der Waals surface area contributed by atoms with E-state index in [0.29, 0.717) is 5.02 Å². The summed E-state index contributed by atoms with van der Waals surface area (Å²) in [5, 5.41) is 5.52. The maximum absolute atomic E-state index is 6.10. The number of fused-ring (bicyclic) bond motifs is 1. The molecule has 0 saturated carbocycles. The molecule has 3 heterocycles. The van der Waals surface area contributed by atoms with Gasteiger partial charge in [0.25, 0.3) is 0 Å². The first-order valence-corrected chi connectivity index (χ1v) is 9.71. The largest absolute Gasteiger partial charge is 0.288 e. The van der Waals surface area contributed by atoms with Crippen molar-refractivity contribution in [3.8, 4) is 28.2 Å². The van der Waals surface area contributed by atoms with Crippen LogP contribution in [-0.2, 0) is 0 Å². The highest BCUT2D eigenvalue weighted by atomic mass is 35.5. The van der Waals surface area contributed by atoms with Crippen LogP contribution in [0, 0.1) is 13.8 Å². The summed E-state index contributed by atoms with van der Waals surface area (Å²) in [6.07, 6.45) is 3.73. The number of benzene rings is 2. The van der Waals surface area contributed by atoms with Crippen molar-refractivity contribution in [1.29, 1.82) is 0 Å². The second kappa shape index (κ2) is 6.87. The first-order valence-electron chi connectivity index (χ1n) is 9.34. The molecule has 0 radical (unpaired) electrons. The first kappa shape index (κ1) is 17.6. The fourth-order valence-electron chi connectivity index (χ4n) is 3.61. The van der Waals surface area contributed by atoms with Crippen molar-refractivity contribution in [1.82, 2.24) is 24.1 Å². The van der Waals surface area contributed by atoms with Crippen molar-refractivity contribution >= 4 is 17.2 Å². The minimum atomic E-state index is 0.704. The molecule has 0 N–H and O–H groups in total. The smallest absolute Gasteiger partial charge is 0.166 e. The topological polar surface area (TPSA) is 48.0 Å². The molecule has 0 amide bonds. The summed E-state index contributed by atoms with van der Waals surface area (Å²) in [6, 6.07) is 20.0. The van der Waals surface area contributed by atoms with Gasteiger partial charge in [0.1, 0.15) is 11.6 Å². The van der Waals surface area contributed by atoms with Crippen molar-refractivity contribution in [3.63, 3.8) is 0 Å². The Morgan fingerprint density at radius 3 is 2.34 bits per heavy atom. The van der Waals surface area contributed by atoms with Gasteiger partial charge in [0.05, 0.1) is 11.4 Å². The lowest BCUT2D eigenvalue weighted by Crippen LogP contribution is -2.06. The van der Waals surface area contributed by atoms with Gasteiger partial charge < -0.3 is 0 Å². The van der Waals surface area contributed by atoms with Crippen LogP contribution in [0.1, 0.15) is 11.5 Å². The predicted octanol–water partition coefficient (Wildman–Crippen LogP) is 5.52. The molecule has 0 aliphatic heterocycles. The number of hydrogen-bond acceptors (Lipinski definition) is 3. The number of aryl methyl sites for hydroxylation is 2. The summed E-state index contributed by atoms with van der Waals surface area (Å²) in [7, 11) is 0. The lowest BCUT2D eigenvalue weighted by molar-refractivity contribution is 0.825. The quantitative estimate of drug-likeness (QED) is 0.401. The van der Waals surface area contributed by atoms with E-state index in [9.17, 15) is 0 Å². The van der Waals surface area contributed by atoms with E-state index in [1.807, 2.05) is 71.6 Å². The second-order valence-electron chi connectivity index (χ2n) is 6.91. The molecule has 0 spiro atoms. The summed E-state index contributed by atoms with van der Waals surface area (Å²) in [4.78, 5) is 9.39. The van der Waals surface area contributed by atoms with Crippen LogP contribution in [0.5, 0.6) is 0 Å². The highest BCUT2D eigenvalue weighted by molar-refractivity contribution is 6.30. The number of rotatable bonds is 3. The van der Waals surface area contributed by atoms with E-state index < -0.39 is 0 Å². The van der Waals surface area contributed by atoms with Crippen LogP contribution >= 0.6 is 11.6 Å². The SMILES string of the molecule is Cc1nn2c(-n3ccnc3C)cc(-c3ccccc3)nc2c1-c1ccc(Cl)cc1. The number of halogens is 1. The van der Waals surface area contributed by atoms with Crippen molar-refractivity contribution in [2.75, 3.05) is 0 Å². The van der Waals surface area contributed by atoms with Gasteiger partial charge in [-0.15, -0.1) is 0 Å². The van der Waals surface area contributed by atoms with Crippen molar-refractivity contribution in [3.05, 3.63) is 89.6 Å². The Morgan fingerprint density at radius 2 is 1.66 bits per heavy atom. The maximum Gasteiger partial charge on any atom is 0.166 e. The normalized spacial score (nSPS) is 11.3. The number of aromatic nitrogens is 5. The fourth-order valence-corrected chi connectivity index (χ4v) is 3.74. The first-order chi connectivity index (χ1) is 14.1. The van der Waals surface area contributed by atoms with E-state index in [0.717, 1.165) is 45.4 Å². The van der Waals surface area contributed by atoms with Crippen LogP contribution in [0.2, 0.25) is 5.02 Å². The molecule has 5 rings (SSSR count). The molecule has 5 nitrogen and oxygen atoms in total. The van der Waals surface area contributed by atoms with Crippen LogP contribution in [0.15, 0.2) is 73.1 Å². The van der Waals surface area contributed by atoms with Crippen LogP contribution in [-0.4, -0.2) is 24.1 Å². The zero-order valence-electron chi connectivity index (χ0n) is 16.0. The van der Waals surface area contributed by atoms with E-state index >= 15 is 0 Å². The summed E-state index contributed by atoms with van der Waals surface area (Å²) >= 11 is 6.10. The minimum Gasteiger partial charge on any atom is -0.288 e. The third-order valence-electron chi connectivity index (χ3n) is 5.02. The van der Waals surface area contributed by atoms with Gasteiger partial charge in [-0.3, -0.25) is 4.57 Å². The standard InChI is InChI=1S/C23H18ClN5/c1-15-22(18-8-10-19(24)11-9-18)23-26-20(17-6-4-3-5-7-17)14-21(29(23)27-15)28-13-12-25-16(28)2/h3-14H,1-2H3. The lowest BCUT2D eigenvalue weighted by atomic mass is 10.1. The molecule has 0 unspecified atom stereocenters. The minimum absolute atomic E-state index is 0.704. The van der Waals surface area contributed by atoms with E-state index in [2.05, 4.69) is 23.2 Å². The molecule has 0 saturated heterocycles. The molecule has 142 valence electrons. The second-order valence-corrected chi connectivity index (χ2v) is 7.35. The molecule has 29 heavy (non-hydrogen) atoms. The van der Waals surface area contributed by atoms with E-state index in [4.69, 9.17) is 21.7 Å². The number of hydrogen-bond donors (Lipinski definition) is 0. The summed E-state index contributed by atoms with van der Waals surface area (Å²) in [6.45, 7) is 3.98. The highest BCUT2D eigenvalue weighted by Gasteiger charge is 2.18. The van der Waals surface area contributed by atoms with Gasteiger partial charge in [0, 0.05) is 34.6 Å². The Labute approximate surface area is 173 Å². The third kappa shape index (κ3) is 3.00. The fraction of sp³-hybridized carbons (Fsp3) is 0.0870. The lowest BCUT2D eigenvalue weighted by Gasteiger charge is -2.11. The Kier molecular flexibility index (Phi) is 4.18. The Morgan fingerprint density at radius 1 is 0.897 bits per heavy atom. The molecule has 0 atom stereocenters. The Bertz CT molecular complexity index is 1320. The van der Waals surface area contributed by atoms with Crippen molar-refractivity contribution in [2.24, 2.45) is 0 Å². The average Bonchev–Trinajstić information content (AvgIpc) is 3.31. The maximum atomic E-state index is 6.10. The monoisotopic (exact) mass is 399 g/mol. The van der Waals surface area contributed by atoms with Gasteiger partial charge in [0.2, 0.25) is 0 Å². The van der Waals surface area contributed by atoms with Gasteiger partial charge in [-0.2, -0.15) is 9.61 Å². The van der Waals surface area contributed by atoms with Gasteiger partial charge in [0.15, 0.2) is 5.65 Å². The number of imidazole rings is 1. The van der Waals surface area contributed by atoms with Crippen LogP contribution < -0.4 is 0 Å². The average molecular weight is 400 g/mol. The molecule has 6 heteroatoms. The molecule has 0 fully saturated rings. The van der Waals surface area contributed by atoms with Gasteiger partial charge in [-0.25, -0.2) is 9.97 Å². The summed E-state index contributed by atoms with van der Waals surface area (Å²) in [5.74, 6) is 1.78. The molecule has 0 bridgehead atoms. The Hall–Kier alpha value is -3.44. The van der Waals surface area contributed by atoms with Gasteiger partial charge in [-0.05, 0) is 31.5 Å². The third-order valence-corrected chi connectivity index (χ3v) is 5.27. The van der Waals surface area contributed by atoms with E-state index in [1.165, 1.54) is 0 Å². The molecular formula is C23H18ClN5. The summed E-state index contributed by atoms with van der Waals surface area (Å²) in [5.41, 5.74) is 5.68. The molecule has 0 aliphatic rings. The van der Waals surface area contributed by atoms with Crippen LogP contribution in [0.25, 0.3) is 33.8 Å². The van der Waals surface area contributed by atoms with Gasteiger partial charge in [-0.1, -0.05) is 54.1 Å². The highest BCUT2D eigenvalue weighted by Crippen LogP contribution is 2.32. The van der Waals surface area contributed by atoms with E-state index in [1.54, 1.807) is 6.20 Å². The molecule has 0 aliphatic carbocycles. The van der Waals surface area contributed by atoms with Crippen LogP contribution in [0.3, 0.4) is 0 Å². The molecular weight excluding hydrogens is 382 g/mol. The predicted molar refractivity (Wildman–Crippen MR) is 115 cm³/mol. The van der Waals surface area contributed by atoms with E-state index in [-0.39, 0.29) is 0 Å².